The van der Waals surface area contributed by atoms with E-state index in [1.165, 1.54) is 0 Å². The van der Waals surface area contributed by atoms with Crippen LogP contribution in [0.15, 0.2) is 65.7 Å². The number of hydrogen-bond acceptors (Lipinski definition) is 5. The number of H-pyrrole nitrogens is 1. The first-order valence-corrected chi connectivity index (χ1v) is 8.03. The highest BCUT2D eigenvalue weighted by Gasteiger charge is 2.26. The number of anilines is 2. The Bertz CT molecular complexity index is 1160. The summed E-state index contributed by atoms with van der Waals surface area (Å²) in [6.07, 6.45) is 6.74. The second kappa shape index (κ2) is 5.59. The van der Waals surface area contributed by atoms with Gasteiger partial charge in [-0.2, -0.15) is 5.10 Å². The van der Waals surface area contributed by atoms with Crippen molar-refractivity contribution in [3.63, 3.8) is 0 Å². The zero-order valence-electron chi connectivity index (χ0n) is 13.5. The molecular formula is C19H13N5O2. The maximum Gasteiger partial charge on any atom is 0.259 e. The number of carbonyl (C=O) groups is 1. The van der Waals surface area contributed by atoms with Crippen molar-refractivity contribution in [3.8, 4) is 11.3 Å². The van der Waals surface area contributed by atoms with E-state index in [-0.39, 0.29) is 5.91 Å². The molecule has 4 aromatic rings. The van der Waals surface area contributed by atoms with Gasteiger partial charge in [-0.1, -0.05) is 0 Å². The van der Waals surface area contributed by atoms with E-state index in [1.807, 2.05) is 36.4 Å². The van der Waals surface area contributed by atoms with Gasteiger partial charge in [0, 0.05) is 34.6 Å². The van der Waals surface area contributed by atoms with Crippen LogP contribution >= 0.6 is 0 Å². The molecule has 1 aromatic carbocycles. The summed E-state index contributed by atoms with van der Waals surface area (Å²) in [7, 11) is 0. The molecule has 0 radical (unpaired) electrons. The number of aromatic amines is 1. The zero-order valence-corrected chi connectivity index (χ0v) is 13.5. The van der Waals surface area contributed by atoms with Gasteiger partial charge in [-0.05, 0) is 36.4 Å². The number of aromatic nitrogens is 3. The summed E-state index contributed by atoms with van der Waals surface area (Å²) in [6.45, 7) is 0. The van der Waals surface area contributed by atoms with Crippen molar-refractivity contribution in [2.24, 2.45) is 0 Å². The minimum Gasteiger partial charge on any atom is -0.464 e. The Morgan fingerprint density at radius 1 is 1.15 bits per heavy atom. The second-order valence-corrected chi connectivity index (χ2v) is 5.93. The van der Waals surface area contributed by atoms with Crippen LogP contribution < -0.4 is 10.6 Å². The number of nitrogens with one attached hydrogen (secondary N) is 3. The molecule has 0 unspecified atom stereocenters. The Labute approximate surface area is 147 Å². The van der Waals surface area contributed by atoms with E-state index in [0.29, 0.717) is 17.2 Å². The maximum absolute atomic E-state index is 12.3. The van der Waals surface area contributed by atoms with Gasteiger partial charge in [0.25, 0.3) is 5.91 Å². The van der Waals surface area contributed by atoms with Gasteiger partial charge in [0.15, 0.2) is 0 Å². The number of furan rings is 1. The third-order valence-electron chi connectivity index (χ3n) is 4.29. The number of rotatable bonds is 3. The van der Waals surface area contributed by atoms with E-state index < -0.39 is 0 Å². The molecule has 0 atom stereocenters. The number of fused-ring (bicyclic) bond motifs is 2. The molecule has 1 amide bonds. The van der Waals surface area contributed by atoms with Crippen molar-refractivity contribution in [2.45, 2.75) is 0 Å². The fraction of sp³-hybridized carbons (Fsp3) is 0. The van der Waals surface area contributed by atoms with Crippen LogP contribution in [0.2, 0.25) is 0 Å². The molecule has 5 rings (SSSR count). The van der Waals surface area contributed by atoms with Gasteiger partial charge in [-0.15, -0.1) is 0 Å². The van der Waals surface area contributed by atoms with E-state index in [0.717, 1.165) is 27.7 Å². The van der Waals surface area contributed by atoms with E-state index >= 15 is 0 Å². The van der Waals surface area contributed by atoms with Crippen molar-refractivity contribution in [3.05, 3.63) is 66.8 Å². The molecule has 1 aliphatic rings. The summed E-state index contributed by atoms with van der Waals surface area (Å²) in [5, 5.41) is 13.9. The second-order valence-electron chi connectivity index (χ2n) is 5.93. The highest BCUT2D eigenvalue weighted by atomic mass is 16.3. The van der Waals surface area contributed by atoms with Gasteiger partial charge in [-0.3, -0.25) is 9.89 Å². The van der Waals surface area contributed by atoms with E-state index in [2.05, 4.69) is 25.8 Å². The molecule has 0 aliphatic carbocycles. The maximum atomic E-state index is 12.3. The Hall–Kier alpha value is -3.87. The summed E-state index contributed by atoms with van der Waals surface area (Å²) < 4.78 is 5.41. The average molecular weight is 343 g/mol. The SMILES string of the molecule is O=C1Nc2ncc(-c3ccco3)cc2/C1=C/Nc1ccc2cn[nH]c2c1. The number of benzene rings is 1. The first kappa shape index (κ1) is 14.5. The molecule has 4 heterocycles. The topological polar surface area (TPSA) is 95.8 Å². The first-order valence-electron chi connectivity index (χ1n) is 8.03. The molecule has 0 fully saturated rings. The lowest BCUT2D eigenvalue weighted by atomic mass is 10.1. The third kappa shape index (κ3) is 2.34. The van der Waals surface area contributed by atoms with Crippen molar-refractivity contribution in [1.29, 1.82) is 0 Å². The van der Waals surface area contributed by atoms with Crippen molar-refractivity contribution in [1.82, 2.24) is 15.2 Å². The lowest BCUT2D eigenvalue weighted by Gasteiger charge is -2.04. The number of amides is 1. The summed E-state index contributed by atoms with van der Waals surface area (Å²) in [5.41, 5.74) is 3.84. The molecule has 126 valence electrons. The summed E-state index contributed by atoms with van der Waals surface area (Å²) in [4.78, 5) is 16.7. The lowest BCUT2D eigenvalue weighted by Crippen LogP contribution is -2.05. The van der Waals surface area contributed by atoms with Crippen LogP contribution in [0.5, 0.6) is 0 Å². The molecule has 3 aromatic heterocycles. The van der Waals surface area contributed by atoms with Crippen LogP contribution in [-0.4, -0.2) is 21.1 Å². The van der Waals surface area contributed by atoms with Crippen LogP contribution in [0, 0.1) is 0 Å². The van der Waals surface area contributed by atoms with E-state index in [9.17, 15) is 4.79 Å². The Balaban J connectivity index is 1.50. The average Bonchev–Trinajstić information content (AvgIpc) is 3.39. The van der Waals surface area contributed by atoms with Crippen molar-refractivity contribution >= 4 is 33.9 Å². The fourth-order valence-electron chi connectivity index (χ4n) is 2.97. The van der Waals surface area contributed by atoms with Gasteiger partial charge in [-0.25, -0.2) is 4.98 Å². The monoisotopic (exact) mass is 343 g/mol. The molecule has 0 saturated heterocycles. The van der Waals surface area contributed by atoms with Gasteiger partial charge < -0.3 is 15.1 Å². The van der Waals surface area contributed by atoms with Crippen LogP contribution in [-0.2, 0) is 4.79 Å². The molecule has 7 heteroatoms. The minimum atomic E-state index is -0.195. The van der Waals surface area contributed by atoms with E-state index in [4.69, 9.17) is 4.42 Å². The Kier molecular flexibility index (Phi) is 3.11. The number of pyridine rings is 1. The van der Waals surface area contributed by atoms with Crippen molar-refractivity contribution in [2.75, 3.05) is 10.6 Å². The molecule has 3 N–H and O–H groups in total. The summed E-state index contributed by atoms with van der Waals surface area (Å²) in [6, 6.07) is 11.4. The van der Waals surface area contributed by atoms with Gasteiger partial charge in [0.05, 0.1) is 23.5 Å². The Morgan fingerprint density at radius 3 is 3.00 bits per heavy atom. The first-order chi connectivity index (χ1) is 12.8. The third-order valence-corrected chi connectivity index (χ3v) is 4.29. The predicted molar refractivity (Wildman–Crippen MR) is 98.3 cm³/mol. The number of nitrogens with zero attached hydrogens (tertiary/aromatic N) is 2. The van der Waals surface area contributed by atoms with Gasteiger partial charge in [0.1, 0.15) is 11.6 Å². The van der Waals surface area contributed by atoms with Gasteiger partial charge >= 0.3 is 0 Å². The highest BCUT2D eigenvalue weighted by molar-refractivity contribution is 6.31. The molecule has 26 heavy (non-hydrogen) atoms. The summed E-state index contributed by atoms with van der Waals surface area (Å²) >= 11 is 0. The van der Waals surface area contributed by atoms with Crippen molar-refractivity contribution < 1.29 is 9.21 Å². The normalized spacial score (nSPS) is 14.6. The molecular weight excluding hydrogens is 330 g/mol. The standard InChI is InChI=1S/C19H13N5O2/c25-19-15(10-20-13-4-3-11-9-22-24-16(11)7-13)14-6-12(8-21-18(14)23-19)17-2-1-5-26-17/h1-10,20H,(H,22,24)(H,21,23,25)/b15-10-. The van der Waals surface area contributed by atoms with E-state index in [1.54, 1.807) is 24.9 Å². The molecule has 0 spiro atoms. The van der Waals surface area contributed by atoms with Crippen LogP contribution in [0.25, 0.3) is 27.8 Å². The Morgan fingerprint density at radius 2 is 2.12 bits per heavy atom. The fourth-order valence-corrected chi connectivity index (χ4v) is 2.97. The van der Waals surface area contributed by atoms with Crippen LogP contribution in [0.4, 0.5) is 11.5 Å². The molecule has 0 bridgehead atoms. The zero-order chi connectivity index (χ0) is 17.5. The quantitative estimate of drug-likeness (QED) is 0.494. The smallest absolute Gasteiger partial charge is 0.259 e. The number of hydrogen-bond donors (Lipinski definition) is 3. The highest BCUT2D eigenvalue weighted by Crippen LogP contribution is 2.33. The largest absolute Gasteiger partial charge is 0.464 e. The molecule has 1 aliphatic heterocycles. The summed E-state index contributed by atoms with van der Waals surface area (Å²) in [5.74, 6) is 1.05. The lowest BCUT2D eigenvalue weighted by molar-refractivity contribution is -0.110. The number of carbonyl (C=O) groups excluding carboxylic acids is 1. The predicted octanol–water partition coefficient (Wildman–Crippen LogP) is 3.62. The van der Waals surface area contributed by atoms with Gasteiger partial charge in [0.2, 0.25) is 0 Å². The van der Waals surface area contributed by atoms with Crippen LogP contribution in [0.3, 0.4) is 0 Å². The molecule has 7 nitrogen and oxygen atoms in total. The molecule has 0 saturated carbocycles. The minimum absolute atomic E-state index is 0.195. The van der Waals surface area contributed by atoms with Crippen LogP contribution in [0.1, 0.15) is 5.56 Å².